The molecular weight excluding hydrogens is 548 g/mol. The molecule has 210 valence electrons. The van der Waals surface area contributed by atoms with Gasteiger partial charge in [-0.05, 0) is 41.7 Å². The van der Waals surface area contributed by atoms with E-state index in [-0.39, 0.29) is 16.6 Å². The van der Waals surface area contributed by atoms with Crippen LogP contribution in [0, 0.1) is 0 Å². The van der Waals surface area contributed by atoms with Crippen LogP contribution in [0.3, 0.4) is 0 Å². The van der Waals surface area contributed by atoms with E-state index >= 15 is 0 Å². The van der Waals surface area contributed by atoms with Crippen LogP contribution in [0.5, 0.6) is 0 Å². The summed E-state index contributed by atoms with van der Waals surface area (Å²) in [4.78, 5) is 13.9. The molecule has 0 fully saturated rings. The van der Waals surface area contributed by atoms with Crippen molar-refractivity contribution in [2.75, 3.05) is 18.1 Å². The molecule has 0 spiro atoms. The smallest absolute Gasteiger partial charge is 0.369 e. The Morgan fingerprint density at radius 1 is 1.05 bits per heavy atom. The van der Waals surface area contributed by atoms with Gasteiger partial charge in [-0.1, -0.05) is 61.0 Å². The lowest BCUT2D eigenvalue weighted by Gasteiger charge is -2.32. The highest BCUT2D eigenvalue weighted by molar-refractivity contribution is 6.33. The van der Waals surface area contributed by atoms with Gasteiger partial charge in [0.1, 0.15) is 0 Å². The maximum atomic E-state index is 13.6. The topological polar surface area (TPSA) is 56.1 Å². The molecule has 0 saturated heterocycles. The van der Waals surface area contributed by atoms with Crippen molar-refractivity contribution in [1.29, 1.82) is 0 Å². The molecule has 1 N–H and O–H groups in total. The van der Waals surface area contributed by atoms with Gasteiger partial charge in [-0.2, -0.15) is 31.4 Å². The van der Waals surface area contributed by atoms with Crippen LogP contribution < -0.4 is 5.01 Å². The van der Waals surface area contributed by atoms with E-state index in [4.69, 9.17) is 11.6 Å². The molecule has 2 aliphatic heterocycles. The van der Waals surface area contributed by atoms with E-state index in [1.807, 2.05) is 13.0 Å². The first-order valence-electron chi connectivity index (χ1n) is 12.3. The van der Waals surface area contributed by atoms with Crippen molar-refractivity contribution in [2.24, 2.45) is 5.10 Å². The third-order valence-corrected chi connectivity index (χ3v) is 7.26. The average molecular weight is 574 g/mol. The number of anilines is 1. The molecule has 0 radical (unpaired) electrons. The molecule has 4 rings (SSSR count). The van der Waals surface area contributed by atoms with Gasteiger partial charge in [0.25, 0.3) is 5.60 Å². The van der Waals surface area contributed by atoms with E-state index in [1.165, 1.54) is 18.2 Å². The number of hydrogen-bond acceptors (Lipinski definition) is 4. The molecule has 0 aromatic heterocycles. The summed E-state index contributed by atoms with van der Waals surface area (Å²) in [6.45, 7) is 2.95. The number of benzene rings is 2. The maximum absolute atomic E-state index is 13.6. The number of halogens is 7. The second kappa shape index (κ2) is 10.8. The summed E-state index contributed by atoms with van der Waals surface area (Å²) < 4.78 is 81.9. The molecule has 1 atom stereocenters. The number of carbonyl (C=O) groups is 1. The van der Waals surface area contributed by atoms with Crippen LogP contribution in [-0.4, -0.2) is 52.7 Å². The summed E-state index contributed by atoms with van der Waals surface area (Å²) in [5.41, 5.74) is -4.29. The predicted octanol–water partition coefficient (Wildman–Crippen LogP) is 6.92. The molecule has 12 heteroatoms. The molecule has 39 heavy (non-hydrogen) atoms. The molecule has 2 aliphatic rings. The van der Waals surface area contributed by atoms with Crippen molar-refractivity contribution in [3.8, 4) is 0 Å². The SMILES string of the molecule is CCCC(=O)N1CC=C(c2ccc(C3CC(C(O)(C(F)(F)F)C(F)(F)F)=NN3c3ccccc3Cl)cc2)CC1. The van der Waals surface area contributed by atoms with Crippen molar-refractivity contribution < 1.29 is 36.2 Å². The van der Waals surface area contributed by atoms with Crippen molar-refractivity contribution in [3.05, 3.63) is 70.8 Å². The highest BCUT2D eigenvalue weighted by Crippen LogP contribution is 2.49. The molecule has 5 nitrogen and oxygen atoms in total. The summed E-state index contributed by atoms with van der Waals surface area (Å²) in [6.07, 6.45) is -9.15. The molecule has 1 amide bonds. The van der Waals surface area contributed by atoms with Crippen LogP contribution in [0.25, 0.3) is 5.57 Å². The lowest BCUT2D eigenvalue weighted by atomic mass is 9.89. The molecule has 0 aliphatic carbocycles. The molecule has 1 unspecified atom stereocenters. The maximum Gasteiger partial charge on any atom is 0.431 e. The minimum absolute atomic E-state index is 0.0706. The largest absolute Gasteiger partial charge is 0.431 e. The average Bonchev–Trinajstić information content (AvgIpc) is 3.33. The minimum atomic E-state index is -6.05. The van der Waals surface area contributed by atoms with Crippen molar-refractivity contribution in [1.82, 2.24) is 4.90 Å². The van der Waals surface area contributed by atoms with Crippen LogP contribution in [0.15, 0.2) is 59.7 Å². The van der Waals surface area contributed by atoms with Gasteiger partial charge < -0.3 is 10.0 Å². The number of aliphatic hydroxyl groups is 1. The Morgan fingerprint density at radius 2 is 1.69 bits per heavy atom. The number of amides is 1. The number of para-hydroxylation sites is 1. The van der Waals surface area contributed by atoms with Gasteiger partial charge in [-0.3, -0.25) is 9.80 Å². The number of hydrogen-bond donors (Lipinski definition) is 1. The monoisotopic (exact) mass is 573 g/mol. The summed E-state index contributed by atoms with van der Waals surface area (Å²) in [7, 11) is 0. The highest BCUT2D eigenvalue weighted by Gasteiger charge is 2.74. The van der Waals surface area contributed by atoms with Gasteiger partial charge >= 0.3 is 12.4 Å². The number of hydrazone groups is 1. The normalized spacial score (nSPS) is 18.7. The quantitative estimate of drug-likeness (QED) is 0.382. The number of nitrogens with zero attached hydrogens (tertiary/aromatic N) is 3. The van der Waals surface area contributed by atoms with Gasteiger partial charge in [-0.15, -0.1) is 0 Å². The van der Waals surface area contributed by atoms with E-state index in [9.17, 15) is 36.2 Å². The van der Waals surface area contributed by atoms with Crippen LogP contribution in [0.2, 0.25) is 5.02 Å². The Bertz CT molecular complexity index is 1260. The first kappa shape index (κ1) is 28.9. The Hall–Kier alpha value is -3.05. The van der Waals surface area contributed by atoms with Crippen molar-refractivity contribution in [3.63, 3.8) is 0 Å². The van der Waals surface area contributed by atoms with Gasteiger partial charge in [0.15, 0.2) is 0 Å². The van der Waals surface area contributed by atoms with Gasteiger partial charge in [0.2, 0.25) is 5.91 Å². The van der Waals surface area contributed by atoms with Crippen LogP contribution in [0.4, 0.5) is 32.0 Å². The second-order valence-electron chi connectivity index (χ2n) is 9.46. The summed E-state index contributed by atoms with van der Waals surface area (Å²) >= 11 is 6.23. The standard InChI is InChI=1S/C27H26ClF6N3O2/c1-2-5-24(38)36-14-12-18(13-15-36)17-8-10-19(11-9-17)22-16-23(25(39,26(29,30)31)27(32,33)34)35-37(22)21-7-4-3-6-20(21)28/h3-4,6-12,22,39H,2,5,13-16H2,1H3. The van der Waals surface area contributed by atoms with Gasteiger partial charge in [0, 0.05) is 25.9 Å². The molecule has 0 saturated carbocycles. The van der Waals surface area contributed by atoms with E-state index < -0.39 is 36.1 Å². The fraction of sp³-hybridized carbons (Fsp3) is 0.407. The molecule has 0 bridgehead atoms. The third-order valence-electron chi connectivity index (χ3n) is 6.94. The number of alkyl halides is 6. The lowest BCUT2D eigenvalue weighted by Crippen LogP contribution is -2.62. The van der Waals surface area contributed by atoms with E-state index in [0.29, 0.717) is 31.5 Å². The Kier molecular flexibility index (Phi) is 8.05. The zero-order chi connectivity index (χ0) is 28.6. The van der Waals surface area contributed by atoms with E-state index in [0.717, 1.165) is 22.6 Å². The summed E-state index contributed by atoms with van der Waals surface area (Å²) in [5, 5.41) is 14.7. The van der Waals surface area contributed by atoms with Crippen LogP contribution in [-0.2, 0) is 4.79 Å². The highest BCUT2D eigenvalue weighted by atomic mass is 35.5. The lowest BCUT2D eigenvalue weighted by molar-refractivity contribution is -0.338. The minimum Gasteiger partial charge on any atom is -0.369 e. The molecule has 2 aromatic rings. The van der Waals surface area contributed by atoms with E-state index in [1.54, 1.807) is 35.2 Å². The Morgan fingerprint density at radius 3 is 2.23 bits per heavy atom. The van der Waals surface area contributed by atoms with Crippen molar-refractivity contribution >= 4 is 34.5 Å². The first-order chi connectivity index (χ1) is 18.3. The molecule has 2 heterocycles. The van der Waals surface area contributed by atoms with Crippen LogP contribution in [0.1, 0.15) is 49.8 Å². The molecule has 2 aromatic carbocycles. The zero-order valence-corrected chi connectivity index (χ0v) is 21.6. The fourth-order valence-electron chi connectivity index (χ4n) is 4.79. The fourth-order valence-corrected chi connectivity index (χ4v) is 5.01. The zero-order valence-electron chi connectivity index (χ0n) is 20.9. The van der Waals surface area contributed by atoms with Crippen molar-refractivity contribution in [2.45, 2.75) is 56.6 Å². The van der Waals surface area contributed by atoms with Crippen LogP contribution >= 0.6 is 11.6 Å². The van der Waals surface area contributed by atoms with Gasteiger partial charge in [-0.25, -0.2) is 0 Å². The number of carbonyl (C=O) groups excluding carboxylic acids is 1. The Labute approximate surface area is 226 Å². The second-order valence-corrected chi connectivity index (χ2v) is 9.87. The van der Waals surface area contributed by atoms with Gasteiger partial charge in [0.05, 0.1) is 22.5 Å². The molecular formula is C27H26ClF6N3O2. The third kappa shape index (κ3) is 5.51. The summed E-state index contributed by atoms with van der Waals surface area (Å²) in [5.74, 6) is 0.0810. The predicted molar refractivity (Wildman–Crippen MR) is 136 cm³/mol. The Balaban J connectivity index is 1.66. The first-order valence-corrected chi connectivity index (χ1v) is 12.7. The van der Waals surface area contributed by atoms with E-state index in [2.05, 4.69) is 5.10 Å². The summed E-state index contributed by atoms with van der Waals surface area (Å²) in [6, 6.07) is 11.5. The number of rotatable bonds is 6.